The Kier molecular flexibility index (Phi) is 6.17. The van der Waals surface area contributed by atoms with Crippen LogP contribution >= 0.6 is 0 Å². The number of benzene rings is 2. The molecule has 0 N–H and O–H groups in total. The molecule has 2 aromatic rings. The Bertz CT molecular complexity index is 821. The van der Waals surface area contributed by atoms with Crippen LogP contribution in [0.3, 0.4) is 0 Å². The van der Waals surface area contributed by atoms with Gasteiger partial charge in [-0.3, -0.25) is 4.79 Å². The first-order valence-electron chi connectivity index (χ1n) is 9.60. The summed E-state index contributed by atoms with van der Waals surface area (Å²) in [4.78, 5) is 16.9. The number of rotatable bonds is 5. The van der Waals surface area contributed by atoms with Gasteiger partial charge in [-0.05, 0) is 50.1 Å². The summed E-state index contributed by atoms with van der Waals surface area (Å²) in [5.74, 6) is 0.866. The second-order valence-electron chi connectivity index (χ2n) is 6.84. The molecular formula is C23H28N2O2. The second kappa shape index (κ2) is 8.76. The van der Waals surface area contributed by atoms with Crippen molar-refractivity contribution < 1.29 is 9.53 Å². The molecule has 2 aromatic carbocycles. The minimum absolute atomic E-state index is 0.0573. The summed E-state index contributed by atoms with van der Waals surface area (Å²) in [7, 11) is 0. The second-order valence-corrected chi connectivity index (χ2v) is 6.84. The number of nitrogens with zero attached hydrogens (tertiary/aromatic N) is 2. The monoisotopic (exact) mass is 364 g/mol. The number of piperazine rings is 1. The van der Waals surface area contributed by atoms with Gasteiger partial charge in [0.05, 0.1) is 6.61 Å². The molecule has 1 aliphatic rings. The van der Waals surface area contributed by atoms with E-state index in [-0.39, 0.29) is 5.91 Å². The molecule has 1 aliphatic heterocycles. The van der Waals surface area contributed by atoms with Crippen LogP contribution < -0.4 is 9.64 Å². The number of ether oxygens (including phenoxy) is 1. The molecule has 1 amide bonds. The number of carbonyl (C=O) groups is 1. The fourth-order valence-electron chi connectivity index (χ4n) is 3.42. The van der Waals surface area contributed by atoms with Crippen molar-refractivity contribution in [3.05, 3.63) is 65.2 Å². The maximum absolute atomic E-state index is 12.6. The molecule has 1 heterocycles. The molecule has 27 heavy (non-hydrogen) atoms. The van der Waals surface area contributed by atoms with E-state index < -0.39 is 0 Å². The van der Waals surface area contributed by atoms with Crippen LogP contribution in [0.4, 0.5) is 5.69 Å². The van der Waals surface area contributed by atoms with Crippen LogP contribution in [0, 0.1) is 13.8 Å². The van der Waals surface area contributed by atoms with Gasteiger partial charge in [0, 0.05) is 43.5 Å². The van der Waals surface area contributed by atoms with Gasteiger partial charge in [0.15, 0.2) is 0 Å². The Labute approximate surface area is 162 Å². The lowest BCUT2D eigenvalue weighted by molar-refractivity contribution is -0.126. The van der Waals surface area contributed by atoms with E-state index >= 15 is 0 Å². The van der Waals surface area contributed by atoms with E-state index in [2.05, 4.69) is 36.9 Å². The van der Waals surface area contributed by atoms with Gasteiger partial charge < -0.3 is 14.5 Å². The number of aryl methyl sites for hydroxylation is 1. The molecule has 4 heteroatoms. The van der Waals surface area contributed by atoms with E-state index in [0.29, 0.717) is 6.61 Å². The van der Waals surface area contributed by atoms with Crippen LogP contribution in [0.2, 0.25) is 0 Å². The van der Waals surface area contributed by atoms with Crippen LogP contribution in [0.1, 0.15) is 23.6 Å². The van der Waals surface area contributed by atoms with E-state index in [9.17, 15) is 4.79 Å². The minimum Gasteiger partial charge on any atom is -0.493 e. The van der Waals surface area contributed by atoms with Crippen molar-refractivity contribution >= 4 is 17.7 Å². The lowest BCUT2D eigenvalue weighted by Crippen LogP contribution is -2.48. The summed E-state index contributed by atoms with van der Waals surface area (Å²) >= 11 is 0. The molecule has 0 saturated carbocycles. The zero-order valence-corrected chi connectivity index (χ0v) is 16.4. The van der Waals surface area contributed by atoms with Crippen LogP contribution in [-0.4, -0.2) is 43.6 Å². The molecule has 0 aliphatic carbocycles. The molecule has 4 nitrogen and oxygen atoms in total. The summed E-state index contributed by atoms with van der Waals surface area (Å²) in [5.41, 5.74) is 4.84. The molecule has 142 valence electrons. The molecule has 0 spiro atoms. The van der Waals surface area contributed by atoms with Crippen LogP contribution in [0.15, 0.2) is 48.5 Å². The van der Waals surface area contributed by atoms with Gasteiger partial charge >= 0.3 is 0 Å². The fourth-order valence-corrected chi connectivity index (χ4v) is 3.42. The van der Waals surface area contributed by atoms with Crippen LogP contribution in [0.5, 0.6) is 5.75 Å². The predicted octanol–water partition coefficient (Wildman–Crippen LogP) is 4.06. The van der Waals surface area contributed by atoms with Crippen molar-refractivity contribution in [2.75, 3.05) is 37.7 Å². The Morgan fingerprint density at radius 2 is 1.78 bits per heavy atom. The van der Waals surface area contributed by atoms with E-state index in [1.807, 2.05) is 42.2 Å². The molecule has 3 rings (SSSR count). The number of carbonyl (C=O) groups excluding carboxylic acids is 1. The molecule has 1 saturated heterocycles. The topological polar surface area (TPSA) is 32.8 Å². The van der Waals surface area contributed by atoms with Crippen molar-refractivity contribution in [3.63, 3.8) is 0 Å². The third kappa shape index (κ3) is 4.51. The summed E-state index contributed by atoms with van der Waals surface area (Å²) < 4.78 is 5.62. The number of anilines is 1. The molecule has 0 bridgehead atoms. The van der Waals surface area contributed by atoms with E-state index in [1.165, 1.54) is 16.8 Å². The first-order chi connectivity index (χ1) is 13.1. The maximum Gasteiger partial charge on any atom is 0.246 e. The van der Waals surface area contributed by atoms with Gasteiger partial charge in [0.25, 0.3) is 0 Å². The first kappa shape index (κ1) is 19.0. The zero-order chi connectivity index (χ0) is 19.2. The molecule has 0 unspecified atom stereocenters. The van der Waals surface area contributed by atoms with Crippen molar-refractivity contribution in [2.24, 2.45) is 0 Å². The Balaban J connectivity index is 1.61. The van der Waals surface area contributed by atoms with Crippen molar-refractivity contribution in [1.82, 2.24) is 4.90 Å². The standard InChI is InChI=1S/C23H28N2O2/c1-4-27-22-11-6-5-9-20(22)12-13-23(26)25-16-14-24(15-17-25)21-10-7-8-18(2)19(21)3/h5-13H,4,14-17H2,1-3H3. The average molecular weight is 364 g/mol. The fraction of sp³-hybridized carbons (Fsp3) is 0.348. The van der Waals surface area contributed by atoms with E-state index in [0.717, 1.165) is 37.5 Å². The minimum atomic E-state index is 0.0573. The summed E-state index contributed by atoms with van der Waals surface area (Å²) in [5, 5.41) is 0. The third-order valence-electron chi connectivity index (χ3n) is 5.13. The van der Waals surface area contributed by atoms with E-state index in [4.69, 9.17) is 4.74 Å². The molecule has 1 fully saturated rings. The van der Waals surface area contributed by atoms with Gasteiger partial charge in [-0.25, -0.2) is 0 Å². The lowest BCUT2D eigenvalue weighted by Gasteiger charge is -2.36. The molecule has 0 radical (unpaired) electrons. The van der Waals surface area contributed by atoms with Gasteiger partial charge in [-0.15, -0.1) is 0 Å². The number of amides is 1. The highest BCUT2D eigenvalue weighted by molar-refractivity contribution is 5.92. The Hall–Kier alpha value is -2.75. The predicted molar refractivity (Wildman–Crippen MR) is 111 cm³/mol. The number of hydrogen-bond acceptors (Lipinski definition) is 3. The van der Waals surface area contributed by atoms with Gasteiger partial charge in [-0.1, -0.05) is 30.3 Å². The van der Waals surface area contributed by atoms with Gasteiger partial charge in [0.2, 0.25) is 5.91 Å². The Morgan fingerprint density at radius 1 is 1.04 bits per heavy atom. The molecule has 0 aromatic heterocycles. The molecule has 0 atom stereocenters. The van der Waals surface area contributed by atoms with Crippen molar-refractivity contribution in [1.29, 1.82) is 0 Å². The zero-order valence-electron chi connectivity index (χ0n) is 16.4. The molecular weight excluding hydrogens is 336 g/mol. The summed E-state index contributed by atoms with van der Waals surface area (Å²) in [6.45, 7) is 10.1. The first-order valence-corrected chi connectivity index (χ1v) is 9.60. The third-order valence-corrected chi connectivity index (χ3v) is 5.13. The smallest absolute Gasteiger partial charge is 0.246 e. The van der Waals surface area contributed by atoms with Crippen molar-refractivity contribution in [2.45, 2.75) is 20.8 Å². The highest BCUT2D eigenvalue weighted by Gasteiger charge is 2.21. The van der Waals surface area contributed by atoms with Gasteiger partial charge in [-0.2, -0.15) is 0 Å². The van der Waals surface area contributed by atoms with Crippen LogP contribution in [-0.2, 0) is 4.79 Å². The highest BCUT2D eigenvalue weighted by Crippen LogP contribution is 2.24. The van der Waals surface area contributed by atoms with Gasteiger partial charge in [0.1, 0.15) is 5.75 Å². The largest absolute Gasteiger partial charge is 0.493 e. The number of para-hydroxylation sites is 1. The Morgan fingerprint density at radius 3 is 2.52 bits per heavy atom. The average Bonchev–Trinajstić information content (AvgIpc) is 2.69. The lowest BCUT2D eigenvalue weighted by atomic mass is 10.1. The normalized spacial score (nSPS) is 14.6. The van der Waals surface area contributed by atoms with Crippen LogP contribution in [0.25, 0.3) is 6.08 Å². The van der Waals surface area contributed by atoms with Crippen molar-refractivity contribution in [3.8, 4) is 5.75 Å². The summed E-state index contributed by atoms with van der Waals surface area (Å²) in [6, 6.07) is 14.2. The quantitative estimate of drug-likeness (QED) is 0.750. The highest BCUT2D eigenvalue weighted by atomic mass is 16.5. The van der Waals surface area contributed by atoms with E-state index in [1.54, 1.807) is 6.08 Å². The maximum atomic E-state index is 12.6. The SMILES string of the molecule is CCOc1ccccc1C=CC(=O)N1CCN(c2cccc(C)c2C)CC1. The summed E-state index contributed by atoms with van der Waals surface area (Å²) in [6.07, 6.45) is 3.51. The number of hydrogen-bond donors (Lipinski definition) is 0.